The number of aryl methyl sites for hydroxylation is 1. The molecule has 0 aliphatic carbocycles. The number of nitrogens with two attached hydrogens (primary N) is 1. The van der Waals surface area contributed by atoms with Gasteiger partial charge in [-0.15, -0.1) is 12.4 Å². The number of halogens is 1. The third kappa shape index (κ3) is 5.56. The van der Waals surface area contributed by atoms with Crippen molar-refractivity contribution < 1.29 is 0 Å². The first-order chi connectivity index (χ1) is 7.55. The summed E-state index contributed by atoms with van der Waals surface area (Å²) in [6.07, 6.45) is 6.41. The Bertz CT molecular complexity index is 315. The van der Waals surface area contributed by atoms with Gasteiger partial charge in [-0.1, -0.05) is 50.5 Å². The molecular weight excluding hydrogens is 230 g/mol. The maximum atomic E-state index is 6.19. The quantitative estimate of drug-likeness (QED) is 0.748. The molecule has 0 saturated heterocycles. The van der Waals surface area contributed by atoms with Crippen molar-refractivity contribution >= 4 is 12.4 Å². The molecule has 0 unspecified atom stereocenters. The fourth-order valence-corrected chi connectivity index (χ4v) is 2.11. The van der Waals surface area contributed by atoms with Crippen LogP contribution < -0.4 is 5.73 Å². The molecule has 0 aliphatic heterocycles. The second-order valence-electron chi connectivity index (χ2n) is 5.19. The first kappa shape index (κ1) is 16.5. The van der Waals surface area contributed by atoms with E-state index in [0.29, 0.717) is 0 Å². The summed E-state index contributed by atoms with van der Waals surface area (Å²) in [6.45, 7) is 6.41. The van der Waals surface area contributed by atoms with Crippen LogP contribution in [0, 0.1) is 0 Å². The average Bonchev–Trinajstić information content (AvgIpc) is 2.24. The van der Waals surface area contributed by atoms with E-state index in [4.69, 9.17) is 5.73 Å². The number of rotatable bonds is 6. The van der Waals surface area contributed by atoms with Crippen LogP contribution in [0.15, 0.2) is 24.3 Å². The second kappa shape index (κ2) is 7.73. The molecule has 0 spiro atoms. The van der Waals surface area contributed by atoms with E-state index in [9.17, 15) is 0 Å². The molecule has 1 aromatic rings. The third-order valence-electron chi connectivity index (χ3n) is 3.01. The zero-order valence-electron chi connectivity index (χ0n) is 11.3. The standard InChI is InChI=1S/C15H25N.ClH/c1-4-5-6-7-10-13-11-8-9-12-14(13)15(2,3)16;/h8-9,11-12H,4-7,10,16H2,1-3H3;1H. The van der Waals surface area contributed by atoms with Crippen molar-refractivity contribution in [2.24, 2.45) is 5.73 Å². The molecule has 0 saturated carbocycles. The van der Waals surface area contributed by atoms with Crippen LogP contribution in [0.25, 0.3) is 0 Å². The average molecular weight is 256 g/mol. The summed E-state index contributed by atoms with van der Waals surface area (Å²) in [4.78, 5) is 0. The van der Waals surface area contributed by atoms with E-state index < -0.39 is 0 Å². The van der Waals surface area contributed by atoms with Gasteiger partial charge in [-0.2, -0.15) is 0 Å². The van der Waals surface area contributed by atoms with Crippen molar-refractivity contribution in [1.29, 1.82) is 0 Å². The zero-order valence-corrected chi connectivity index (χ0v) is 12.1. The van der Waals surface area contributed by atoms with Gasteiger partial charge in [-0.05, 0) is 37.8 Å². The van der Waals surface area contributed by atoms with Crippen LogP contribution in [0.1, 0.15) is 57.6 Å². The Balaban J connectivity index is 0.00000256. The van der Waals surface area contributed by atoms with Gasteiger partial charge in [0.15, 0.2) is 0 Å². The first-order valence-corrected chi connectivity index (χ1v) is 6.43. The highest BCUT2D eigenvalue weighted by Crippen LogP contribution is 2.22. The summed E-state index contributed by atoms with van der Waals surface area (Å²) in [7, 11) is 0. The van der Waals surface area contributed by atoms with Crippen molar-refractivity contribution in [2.75, 3.05) is 0 Å². The molecule has 0 bridgehead atoms. The van der Waals surface area contributed by atoms with Gasteiger partial charge in [0.05, 0.1) is 0 Å². The highest BCUT2D eigenvalue weighted by Gasteiger charge is 2.16. The molecule has 0 heterocycles. The van der Waals surface area contributed by atoms with Crippen LogP contribution in [-0.2, 0) is 12.0 Å². The van der Waals surface area contributed by atoms with Crippen LogP contribution in [0.5, 0.6) is 0 Å². The van der Waals surface area contributed by atoms with Crippen LogP contribution in [0.3, 0.4) is 0 Å². The Hall–Kier alpha value is -0.530. The SMILES string of the molecule is CCCCCCc1ccccc1C(C)(C)N.Cl. The molecule has 0 radical (unpaired) electrons. The molecule has 0 atom stereocenters. The molecule has 2 heteroatoms. The Kier molecular flexibility index (Phi) is 7.49. The summed E-state index contributed by atoms with van der Waals surface area (Å²) in [5.74, 6) is 0. The lowest BCUT2D eigenvalue weighted by Crippen LogP contribution is -2.30. The summed E-state index contributed by atoms with van der Waals surface area (Å²) in [5.41, 5.74) is 8.69. The van der Waals surface area contributed by atoms with Crippen LogP contribution in [-0.4, -0.2) is 0 Å². The minimum atomic E-state index is -0.221. The van der Waals surface area contributed by atoms with Gasteiger partial charge < -0.3 is 5.73 Å². The molecule has 98 valence electrons. The fourth-order valence-electron chi connectivity index (χ4n) is 2.11. The van der Waals surface area contributed by atoms with Gasteiger partial charge in [-0.25, -0.2) is 0 Å². The van der Waals surface area contributed by atoms with E-state index >= 15 is 0 Å². The fraction of sp³-hybridized carbons (Fsp3) is 0.600. The topological polar surface area (TPSA) is 26.0 Å². The Morgan fingerprint density at radius 3 is 2.29 bits per heavy atom. The maximum Gasteiger partial charge on any atom is 0.0355 e. The predicted octanol–water partition coefficient (Wildman–Crippen LogP) is 4.43. The predicted molar refractivity (Wildman–Crippen MR) is 78.7 cm³/mol. The molecule has 1 rings (SSSR count). The number of hydrogen-bond acceptors (Lipinski definition) is 1. The van der Waals surface area contributed by atoms with E-state index in [1.54, 1.807) is 0 Å². The van der Waals surface area contributed by atoms with Gasteiger partial charge in [0.25, 0.3) is 0 Å². The molecular formula is C15H26ClN. The molecule has 1 aromatic carbocycles. The van der Waals surface area contributed by atoms with Crippen molar-refractivity contribution in [2.45, 2.75) is 58.4 Å². The normalized spacial score (nSPS) is 11.1. The number of unbranched alkanes of at least 4 members (excludes halogenated alkanes) is 3. The third-order valence-corrected chi connectivity index (χ3v) is 3.01. The largest absolute Gasteiger partial charge is 0.322 e. The molecule has 0 amide bonds. The minimum absolute atomic E-state index is 0. The molecule has 2 N–H and O–H groups in total. The van der Waals surface area contributed by atoms with Crippen LogP contribution in [0.4, 0.5) is 0 Å². The van der Waals surface area contributed by atoms with Crippen molar-refractivity contribution in [3.63, 3.8) is 0 Å². The highest BCUT2D eigenvalue weighted by molar-refractivity contribution is 5.85. The molecule has 0 fully saturated rings. The van der Waals surface area contributed by atoms with Gasteiger partial charge >= 0.3 is 0 Å². The van der Waals surface area contributed by atoms with E-state index in [-0.39, 0.29) is 17.9 Å². The zero-order chi connectivity index (χ0) is 12.0. The second-order valence-corrected chi connectivity index (χ2v) is 5.19. The molecule has 0 aromatic heterocycles. The van der Waals surface area contributed by atoms with E-state index in [1.165, 1.54) is 36.8 Å². The maximum absolute atomic E-state index is 6.19. The highest BCUT2D eigenvalue weighted by atomic mass is 35.5. The smallest absolute Gasteiger partial charge is 0.0355 e. The summed E-state index contributed by atoms with van der Waals surface area (Å²) >= 11 is 0. The number of benzene rings is 1. The lowest BCUT2D eigenvalue weighted by Gasteiger charge is -2.22. The Morgan fingerprint density at radius 1 is 1.06 bits per heavy atom. The summed E-state index contributed by atoms with van der Waals surface area (Å²) in [6, 6.07) is 8.58. The first-order valence-electron chi connectivity index (χ1n) is 6.43. The summed E-state index contributed by atoms with van der Waals surface area (Å²) < 4.78 is 0. The van der Waals surface area contributed by atoms with Gasteiger partial charge in [0.1, 0.15) is 0 Å². The van der Waals surface area contributed by atoms with E-state index in [0.717, 1.165) is 6.42 Å². The van der Waals surface area contributed by atoms with Crippen molar-refractivity contribution in [3.05, 3.63) is 35.4 Å². The Morgan fingerprint density at radius 2 is 1.71 bits per heavy atom. The van der Waals surface area contributed by atoms with E-state index in [1.807, 2.05) is 0 Å². The lowest BCUT2D eigenvalue weighted by molar-refractivity contribution is 0.544. The van der Waals surface area contributed by atoms with Gasteiger partial charge in [0, 0.05) is 5.54 Å². The monoisotopic (exact) mass is 255 g/mol. The number of hydrogen-bond donors (Lipinski definition) is 1. The van der Waals surface area contributed by atoms with Crippen molar-refractivity contribution in [3.8, 4) is 0 Å². The van der Waals surface area contributed by atoms with Gasteiger partial charge in [-0.3, -0.25) is 0 Å². The molecule has 0 aliphatic rings. The minimum Gasteiger partial charge on any atom is -0.322 e. The van der Waals surface area contributed by atoms with Crippen molar-refractivity contribution in [1.82, 2.24) is 0 Å². The van der Waals surface area contributed by atoms with E-state index in [2.05, 4.69) is 45.0 Å². The lowest BCUT2D eigenvalue weighted by atomic mass is 9.89. The Labute approximate surface area is 112 Å². The van der Waals surface area contributed by atoms with Crippen LogP contribution >= 0.6 is 12.4 Å². The van der Waals surface area contributed by atoms with Gasteiger partial charge in [0.2, 0.25) is 0 Å². The summed E-state index contributed by atoms with van der Waals surface area (Å²) in [5, 5.41) is 0. The molecule has 17 heavy (non-hydrogen) atoms. The van der Waals surface area contributed by atoms with Crippen LogP contribution in [0.2, 0.25) is 0 Å². The molecule has 1 nitrogen and oxygen atoms in total.